The third-order valence-corrected chi connectivity index (χ3v) is 4.31. The molecule has 1 amide bonds. The van der Waals surface area contributed by atoms with Gasteiger partial charge in [0.2, 0.25) is 5.91 Å². The molecule has 0 spiro atoms. The van der Waals surface area contributed by atoms with Crippen molar-refractivity contribution >= 4 is 11.7 Å². The lowest BCUT2D eigenvalue weighted by Crippen LogP contribution is -2.17. The molecule has 0 bridgehead atoms. The van der Waals surface area contributed by atoms with Gasteiger partial charge < -0.3 is 9.88 Å². The van der Waals surface area contributed by atoms with Gasteiger partial charge in [0, 0.05) is 30.9 Å². The van der Waals surface area contributed by atoms with Crippen molar-refractivity contribution in [2.75, 3.05) is 5.32 Å². The Morgan fingerprint density at radius 3 is 2.48 bits per heavy atom. The molecule has 2 aromatic heterocycles. The first-order valence-corrected chi connectivity index (χ1v) is 7.93. The SMILES string of the molecule is Cc1nn(C)c(C)c1CC(=O)Nc1c(-c2ccc(F)cc2)ncn1C. The highest BCUT2D eigenvalue weighted by atomic mass is 19.1. The van der Waals surface area contributed by atoms with Crippen LogP contribution < -0.4 is 5.32 Å². The third-order valence-electron chi connectivity index (χ3n) is 4.31. The van der Waals surface area contributed by atoms with Crippen LogP contribution in [0.1, 0.15) is 17.0 Å². The highest BCUT2D eigenvalue weighted by Gasteiger charge is 2.17. The summed E-state index contributed by atoms with van der Waals surface area (Å²) in [6.45, 7) is 3.83. The van der Waals surface area contributed by atoms with Crippen LogP contribution in [0.15, 0.2) is 30.6 Å². The first-order chi connectivity index (χ1) is 11.9. The summed E-state index contributed by atoms with van der Waals surface area (Å²) in [7, 11) is 3.66. The summed E-state index contributed by atoms with van der Waals surface area (Å²) in [6.07, 6.45) is 1.86. The molecule has 0 aliphatic heterocycles. The number of rotatable bonds is 4. The lowest BCUT2D eigenvalue weighted by molar-refractivity contribution is -0.115. The minimum Gasteiger partial charge on any atom is -0.320 e. The van der Waals surface area contributed by atoms with E-state index in [9.17, 15) is 9.18 Å². The average molecular weight is 341 g/mol. The van der Waals surface area contributed by atoms with Gasteiger partial charge in [-0.15, -0.1) is 0 Å². The molecule has 3 rings (SSSR count). The van der Waals surface area contributed by atoms with E-state index in [1.807, 2.05) is 20.9 Å². The van der Waals surface area contributed by atoms with Crippen molar-refractivity contribution in [1.82, 2.24) is 19.3 Å². The second-order valence-electron chi connectivity index (χ2n) is 6.06. The van der Waals surface area contributed by atoms with Gasteiger partial charge in [-0.25, -0.2) is 9.37 Å². The van der Waals surface area contributed by atoms with E-state index >= 15 is 0 Å². The summed E-state index contributed by atoms with van der Waals surface area (Å²) in [5, 5.41) is 7.25. The zero-order valence-electron chi connectivity index (χ0n) is 14.7. The van der Waals surface area contributed by atoms with Crippen molar-refractivity contribution in [2.24, 2.45) is 14.1 Å². The van der Waals surface area contributed by atoms with Crippen LogP contribution in [-0.4, -0.2) is 25.2 Å². The van der Waals surface area contributed by atoms with Crippen LogP contribution in [0.4, 0.5) is 10.2 Å². The molecule has 2 heterocycles. The second kappa shape index (κ2) is 6.51. The number of hydrogen-bond donors (Lipinski definition) is 1. The molecule has 0 saturated carbocycles. The fourth-order valence-corrected chi connectivity index (χ4v) is 2.81. The van der Waals surface area contributed by atoms with E-state index in [1.165, 1.54) is 12.1 Å². The molecular weight excluding hydrogens is 321 g/mol. The van der Waals surface area contributed by atoms with Crippen LogP contribution in [0.3, 0.4) is 0 Å². The van der Waals surface area contributed by atoms with Crippen LogP contribution in [-0.2, 0) is 25.3 Å². The van der Waals surface area contributed by atoms with Gasteiger partial charge in [-0.2, -0.15) is 5.10 Å². The van der Waals surface area contributed by atoms with Crippen molar-refractivity contribution in [2.45, 2.75) is 20.3 Å². The number of hydrogen-bond acceptors (Lipinski definition) is 3. The second-order valence-corrected chi connectivity index (χ2v) is 6.06. The molecule has 0 aliphatic rings. The number of nitrogens with zero attached hydrogens (tertiary/aromatic N) is 4. The van der Waals surface area contributed by atoms with Gasteiger partial charge in [-0.3, -0.25) is 9.48 Å². The molecule has 3 aromatic rings. The predicted octanol–water partition coefficient (Wildman–Crippen LogP) is 2.76. The summed E-state index contributed by atoms with van der Waals surface area (Å²) in [6, 6.07) is 6.03. The smallest absolute Gasteiger partial charge is 0.230 e. The molecule has 1 N–H and O–H groups in total. The standard InChI is InChI=1S/C18H20FN5O/c1-11-15(12(2)24(4)22-11)9-16(25)21-18-17(20-10-23(18)3)13-5-7-14(19)8-6-13/h5-8,10H,9H2,1-4H3,(H,21,25). The zero-order valence-corrected chi connectivity index (χ0v) is 14.7. The lowest BCUT2D eigenvalue weighted by Gasteiger charge is -2.09. The van der Waals surface area contributed by atoms with Crippen LogP contribution in [0.5, 0.6) is 0 Å². The molecule has 0 aliphatic carbocycles. The normalized spacial score (nSPS) is 10.9. The number of benzene rings is 1. The summed E-state index contributed by atoms with van der Waals surface area (Å²) < 4.78 is 16.6. The Bertz CT molecular complexity index is 924. The van der Waals surface area contributed by atoms with Crippen molar-refractivity contribution in [3.05, 3.63) is 53.4 Å². The van der Waals surface area contributed by atoms with Crippen LogP contribution in [0.2, 0.25) is 0 Å². The molecule has 1 aromatic carbocycles. The van der Waals surface area contributed by atoms with E-state index in [4.69, 9.17) is 0 Å². The molecular formula is C18H20FN5O. The maximum Gasteiger partial charge on any atom is 0.230 e. The van der Waals surface area contributed by atoms with Crippen molar-refractivity contribution in [3.63, 3.8) is 0 Å². The minimum atomic E-state index is -0.312. The Labute approximate surface area is 145 Å². The summed E-state index contributed by atoms with van der Waals surface area (Å²) in [5.74, 6) is 0.120. The molecule has 7 heteroatoms. The van der Waals surface area contributed by atoms with Gasteiger partial charge in [0.25, 0.3) is 0 Å². The molecule has 0 fully saturated rings. The van der Waals surface area contributed by atoms with Crippen molar-refractivity contribution in [3.8, 4) is 11.3 Å². The Balaban J connectivity index is 1.84. The number of halogens is 1. The third kappa shape index (κ3) is 3.31. The molecule has 130 valence electrons. The van der Waals surface area contributed by atoms with E-state index in [-0.39, 0.29) is 18.1 Å². The fourth-order valence-electron chi connectivity index (χ4n) is 2.81. The molecule has 0 saturated heterocycles. The Morgan fingerprint density at radius 1 is 1.20 bits per heavy atom. The zero-order chi connectivity index (χ0) is 18.1. The Morgan fingerprint density at radius 2 is 1.88 bits per heavy atom. The van der Waals surface area contributed by atoms with Gasteiger partial charge in [0.05, 0.1) is 18.4 Å². The van der Waals surface area contributed by atoms with E-state index < -0.39 is 0 Å². The number of aryl methyl sites for hydroxylation is 3. The summed E-state index contributed by atoms with van der Waals surface area (Å²) >= 11 is 0. The number of carbonyl (C=O) groups is 1. The number of anilines is 1. The Hall–Kier alpha value is -2.96. The molecule has 25 heavy (non-hydrogen) atoms. The highest BCUT2D eigenvalue weighted by Crippen LogP contribution is 2.26. The van der Waals surface area contributed by atoms with Crippen molar-refractivity contribution < 1.29 is 9.18 Å². The van der Waals surface area contributed by atoms with Crippen LogP contribution in [0.25, 0.3) is 11.3 Å². The quantitative estimate of drug-likeness (QED) is 0.793. The van der Waals surface area contributed by atoms with Gasteiger partial charge in [-0.1, -0.05) is 0 Å². The first kappa shape index (κ1) is 16.9. The van der Waals surface area contributed by atoms with Gasteiger partial charge in [-0.05, 0) is 38.1 Å². The first-order valence-electron chi connectivity index (χ1n) is 7.93. The van der Waals surface area contributed by atoms with E-state index in [2.05, 4.69) is 15.4 Å². The maximum atomic E-state index is 13.1. The fraction of sp³-hybridized carbons (Fsp3) is 0.278. The molecule has 0 unspecified atom stereocenters. The predicted molar refractivity (Wildman–Crippen MR) is 93.6 cm³/mol. The van der Waals surface area contributed by atoms with Crippen molar-refractivity contribution in [1.29, 1.82) is 0 Å². The molecule has 0 radical (unpaired) electrons. The van der Waals surface area contributed by atoms with Gasteiger partial charge in [0.15, 0.2) is 0 Å². The van der Waals surface area contributed by atoms with Crippen LogP contribution in [0, 0.1) is 19.7 Å². The number of carbonyl (C=O) groups excluding carboxylic acids is 1. The Kier molecular flexibility index (Phi) is 4.39. The topological polar surface area (TPSA) is 64.7 Å². The summed E-state index contributed by atoms with van der Waals surface area (Å²) in [4.78, 5) is 16.9. The number of imidazole rings is 1. The minimum absolute atomic E-state index is 0.147. The molecule has 6 nitrogen and oxygen atoms in total. The number of aromatic nitrogens is 4. The summed E-state index contributed by atoms with van der Waals surface area (Å²) in [5.41, 5.74) is 4.09. The molecule has 0 atom stereocenters. The average Bonchev–Trinajstić information content (AvgIpc) is 3.03. The monoisotopic (exact) mass is 341 g/mol. The number of amides is 1. The maximum absolute atomic E-state index is 13.1. The lowest BCUT2D eigenvalue weighted by atomic mass is 10.1. The van der Waals surface area contributed by atoms with Gasteiger partial charge >= 0.3 is 0 Å². The van der Waals surface area contributed by atoms with E-state index in [0.717, 1.165) is 22.5 Å². The van der Waals surface area contributed by atoms with Gasteiger partial charge in [0.1, 0.15) is 17.3 Å². The van der Waals surface area contributed by atoms with E-state index in [1.54, 1.807) is 34.8 Å². The van der Waals surface area contributed by atoms with E-state index in [0.29, 0.717) is 11.5 Å². The number of nitrogens with one attached hydrogen (secondary N) is 1. The highest BCUT2D eigenvalue weighted by molar-refractivity contribution is 5.95. The largest absolute Gasteiger partial charge is 0.320 e. The van der Waals surface area contributed by atoms with Crippen LogP contribution >= 0.6 is 0 Å².